The van der Waals surface area contributed by atoms with Gasteiger partial charge >= 0.3 is 0 Å². The van der Waals surface area contributed by atoms with Crippen LogP contribution < -0.4 is 0 Å². The Labute approximate surface area is 75.2 Å². The fraction of sp³-hybridized carbons (Fsp3) is 0.800. The molecule has 1 heterocycles. The van der Waals surface area contributed by atoms with Crippen molar-refractivity contribution in [1.29, 1.82) is 0 Å². The highest BCUT2D eigenvalue weighted by atomic mass is 16.5. The first-order valence-corrected chi connectivity index (χ1v) is 4.73. The van der Waals surface area contributed by atoms with Crippen molar-refractivity contribution in [2.24, 2.45) is 0 Å². The highest BCUT2D eigenvalue weighted by Crippen LogP contribution is 2.16. The van der Waals surface area contributed by atoms with Crippen molar-refractivity contribution in [1.82, 2.24) is 4.90 Å². The standard InChI is InChI=1S/C10H19NO/c1-11(2)7-4-3-5-10-6-8-12-9-10/h9H,3-8H2,1-2H3. The molecule has 1 aliphatic heterocycles. The summed E-state index contributed by atoms with van der Waals surface area (Å²) < 4.78 is 5.16. The van der Waals surface area contributed by atoms with Gasteiger partial charge in [-0.1, -0.05) is 0 Å². The van der Waals surface area contributed by atoms with E-state index in [0.717, 1.165) is 13.0 Å². The minimum absolute atomic E-state index is 0.906. The second kappa shape index (κ2) is 5.20. The molecule has 2 heteroatoms. The Bertz CT molecular complexity index is 152. The predicted molar refractivity (Wildman–Crippen MR) is 51.1 cm³/mol. The molecule has 0 aromatic heterocycles. The number of rotatable bonds is 5. The summed E-state index contributed by atoms with van der Waals surface area (Å²) in [4.78, 5) is 2.24. The lowest BCUT2D eigenvalue weighted by Crippen LogP contribution is -2.12. The molecule has 0 atom stereocenters. The molecule has 0 bridgehead atoms. The van der Waals surface area contributed by atoms with Crippen LogP contribution in [0.25, 0.3) is 0 Å². The summed E-state index contributed by atoms with van der Waals surface area (Å²) in [6.07, 6.45) is 6.92. The van der Waals surface area contributed by atoms with Gasteiger partial charge in [-0.3, -0.25) is 0 Å². The van der Waals surface area contributed by atoms with Crippen LogP contribution >= 0.6 is 0 Å². The second-order valence-corrected chi connectivity index (χ2v) is 3.66. The van der Waals surface area contributed by atoms with E-state index in [2.05, 4.69) is 19.0 Å². The Hall–Kier alpha value is -0.500. The van der Waals surface area contributed by atoms with Gasteiger partial charge in [0.1, 0.15) is 0 Å². The van der Waals surface area contributed by atoms with Crippen LogP contribution in [0.4, 0.5) is 0 Å². The van der Waals surface area contributed by atoms with Gasteiger partial charge in [0.25, 0.3) is 0 Å². The third kappa shape index (κ3) is 3.77. The summed E-state index contributed by atoms with van der Waals surface area (Å²) in [7, 11) is 4.25. The molecule has 2 nitrogen and oxygen atoms in total. The Morgan fingerprint density at radius 3 is 2.83 bits per heavy atom. The van der Waals surface area contributed by atoms with Crippen LogP contribution in [0, 0.1) is 0 Å². The van der Waals surface area contributed by atoms with Crippen LogP contribution in [0.2, 0.25) is 0 Å². The molecular formula is C10H19NO. The van der Waals surface area contributed by atoms with E-state index in [1.54, 1.807) is 0 Å². The third-order valence-corrected chi connectivity index (χ3v) is 2.14. The van der Waals surface area contributed by atoms with E-state index in [0.29, 0.717) is 0 Å². The van der Waals surface area contributed by atoms with Crippen molar-refractivity contribution < 1.29 is 4.74 Å². The van der Waals surface area contributed by atoms with Crippen molar-refractivity contribution in [2.75, 3.05) is 27.2 Å². The molecule has 0 N–H and O–H groups in total. The number of hydrogen-bond acceptors (Lipinski definition) is 2. The van der Waals surface area contributed by atoms with Crippen LogP contribution in [0.1, 0.15) is 25.7 Å². The number of nitrogens with zero attached hydrogens (tertiary/aromatic N) is 1. The summed E-state index contributed by atoms with van der Waals surface area (Å²) in [5.41, 5.74) is 1.49. The average molecular weight is 169 g/mol. The van der Waals surface area contributed by atoms with E-state index in [-0.39, 0.29) is 0 Å². The zero-order valence-electron chi connectivity index (χ0n) is 8.18. The SMILES string of the molecule is CN(C)CCCCC1=COCC1. The fourth-order valence-electron chi connectivity index (χ4n) is 1.39. The zero-order chi connectivity index (χ0) is 8.81. The van der Waals surface area contributed by atoms with E-state index < -0.39 is 0 Å². The lowest BCUT2D eigenvalue weighted by atomic mass is 10.1. The maximum Gasteiger partial charge on any atom is 0.0911 e. The maximum absolute atomic E-state index is 5.16. The molecule has 0 spiro atoms. The van der Waals surface area contributed by atoms with Gasteiger partial charge in [0.2, 0.25) is 0 Å². The van der Waals surface area contributed by atoms with Crippen molar-refractivity contribution in [2.45, 2.75) is 25.7 Å². The summed E-state index contributed by atoms with van der Waals surface area (Å²) >= 11 is 0. The van der Waals surface area contributed by atoms with Crippen LogP contribution in [0.5, 0.6) is 0 Å². The lowest BCUT2D eigenvalue weighted by molar-refractivity contribution is 0.281. The van der Waals surface area contributed by atoms with Crippen LogP contribution in [0.3, 0.4) is 0 Å². The van der Waals surface area contributed by atoms with E-state index in [9.17, 15) is 0 Å². The molecule has 0 fully saturated rings. The fourth-order valence-corrected chi connectivity index (χ4v) is 1.39. The summed E-state index contributed by atoms with van der Waals surface area (Å²) in [6, 6.07) is 0. The summed E-state index contributed by atoms with van der Waals surface area (Å²) in [5, 5.41) is 0. The van der Waals surface area contributed by atoms with E-state index in [1.165, 1.54) is 31.4 Å². The molecule has 1 aliphatic rings. The molecule has 12 heavy (non-hydrogen) atoms. The molecule has 0 unspecified atom stereocenters. The van der Waals surface area contributed by atoms with Gasteiger partial charge < -0.3 is 9.64 Å². The number of hydrogen-bond donors (Lipinski definition) is 0. The van der Waals surface area contributed by atoms with E-state index in [4.69, 9.17) is 4.74 Å². The minimum Gasteiger partial charge on any atom is -0.501 e. The average Bonchev–Trinajstić information content (AvgIpc) is 2.49. The first kappa shape index (κ1) is 9.59. The van der Waals surface area contributed by atoms with Crippen LogP contribution in [-0.2, 0) is 4.74 Å². The molecule has 0 saturated heterocycles. The molecule has 0 saturated carbocycles. The zero-order valence-corrected chi connectivity index (χ0v) is 8.18. The summed E-state index contributed by atoms with van der Waals surface area (Å²) in [6.45, 7) is 2.11. The highest BCUT2D eigenvalue weighted by Gasteiger charge is 2.04. The molecule has 70 valence electrons. The molecule has 0 aromatic rings. The Balaban J connectivity index is 1.95. The van der Waals surface area contributed by atoms with Crippen molar-refractivity contribution >= 4 is 0 Å². The van der Waals surface area contributed by atoms with Gasteiger partial charge in [-0.15, -0.1) is 0 Å². The first-order valence-electron chi connectivity index (χ1n) is 4.73. The Kier molecular flexibility index (Phi) is 4.15. The predicted octanol–water partition coefficient (Wildman–Crippen LogP) is 2.02. The molecule has 0 aliphatic carbocycles. The second-order valence-electron chi connectivity index (χ2n) is 3.66. The van der Waals surface area contributed by atoms with Crippen LogP contribution in [-0.4, -0.2) is 32.1 Å². The third-order valence-electron chi connectivity index (χ3n) is 2.14. The van der Waals surface area contributed by atoms with Gasteiger partial charge in [0.05, 0.1) is 12.9 Å². The first-order chi connectivity index (χ1) is 5.79. The van der Waals surface area contributed by atoms with Crippen molar-refractivity contribution in [3.05, 3.63) is 11.8 Å². The van der Waals surface area contributed by atoms with Crippen molar-refractivity contribution in [3.63, 3.8) is 0 Å². The normalized spacial score (nSPS) is 16.4. The molecular weight excluding hydrogens is 150 g/mol. The monoisotopic (exact) mass is 169 g/mol. The van der Waals surface area contributed by atoms with Gasteiger partial charge in [0, 0.05) is 6.42 Å². The van der Waals surface area contributed by atoms with Crippen LogP contribution in [0.15, 0.2) is 11.8 Å². The van der Waals surface area contributed by atoms with Gasteiger partial charge in [-0.25, -0.2) is 0 Å². The smallest absolute Gasteiger partial charge is 0.0911 e. The van der Waals surface area contributed by atoms with Gasteiger partial charge in [-0.05, 0) is 45.5 Å². The molecule has 0 radical (unpaired) electrons. The summed E-state index contributed by atoms with van der Waals surface area (Å²) in [5.74, 6) is 0. The quantitative estimate of drug-likeness (QED) is 0.584. The number of unbranched alkanes of at least 4 members (excludes halogenated alkanes) is 1. The molecule has 0 aromatic carbocycles. The Morgan fingerprint density at radius 1 is 1.42 bits per heavy atom. The Morgan fingerprint density at radius 2 is 2.25 bits per heavy atom. The topological polar surface area (TPSA) is 12.5 Å². The van der Waals surface area contributed by atoms with E-state index >= 15 is 0 Å². The van der Waals surface area contributed by atoms with Crippen molar-refractivity contribution in [3.8, 4) is 0 Å². The highest BCUT2D eigenvalue weighted by molar-refractivity contribution is 5.01. The van der Waals surface area contributed by atoms with Gasteiger partial charge in [-0.2, -0.15) is 0 Å². The van der Waals surface area contributed by atoms with Gasteiger partial charge in [0.15, 0.2) is 0 Å². The number of ether oxygens (including phenoxy) is 1. The molecule has 0 amide bonds. The maximum atomic E-state index is 5.16. The minimum atomic E-state index is 0.906. The lowest BCUT2D eigenvalue weighted by Gasteiger charge is -2.08. The van der Waals surface area contributed by atoms with E-state index in [1.807, 2.05) is 6.26 Å². The molecule has 1 rings (SSSR count). The largest absolute Gasteiger partial charge is 0.501 e.